The second kappa shape index (κ2) is 9.42. The molecule has 0 saturated heterocycles. The summed E-state index contributed by atoms with van der Waals surface area (Å²) in [6, 6.07) is 17.1. The van der Waals surface area contributed by atoms with E-state index in [9.17, 15) is 0 Å². The lowest BCUT2D eigenvalue weighted by Crippen LogP contribution is -2.03. The monoisotopic (exact) mass is 435 g/mol. The fourth-order valence-corrected chi connectivity index (χ4v) is 3.43. The third kappa shape index (κ3) is 5.48. The van der Waals surface area contributed by atoms with Crippen molar-refractivity contribution in [2.75, 3.05) is 12.4 Å². The van der Waals surface area contributed by atoms with Crippen molar-refractivity contribution in [2.24, 2.45) is 0 Å². The first-order chi connectivity index (χ1) is 13.4. The van der Waals surface area contributed by atoms with Crippen molar-refractivity contribution < 1.29 is 9.47 Å². The second-order valence-corrected chi connectivity index (χ2v) is 7.66. The Kier molecular flexibility index (Phi) is 6.95. The van der Waals surface area contributed by atoms with E-state index in [1.807, 2.05) is 18.2 Å². The van der Waals surface area contributed by atoms with Crippen LogP contribution in [-0.2, 0) is 13.2 Å². The number of hydrogen-bond donors (Lipinski definition) is 1. The predicted molar refractivity (Wildman–Crippen MR) is 117 cm³/mol. The summed E-state index contributed by atoms with van der Waals surface area (Å²) in [5.41, 5.74) is 3.97. The molecule has 3 aromatic rings. The standard InChI is InChI=1S/C22H20Cl3NO2/c1-14-3-5-15(6-4-14)13-28-22-11-20(25)16(7-21(22)27-2)12-26-19-9-17(23)8-18(24)10-19/h3-11,26H,12-13H2,1-2H3. The highest BCUT2D eigenvalue weighted by Crippen LogP contribution is 2.34. The van der Waals surface area contributed by atoms with E-state index in [0.29, 0.717) is 39.7 Å². The lowest BCUT2D eigenvalue weighted by Gasteiger charge is -2.15. The average Bonchev–Trinajstić information content (AvgIpc) is 2.66. The minimum absolute atomic E-state index is 0.436. The summed E-state index contributed by atoms with van der Waals surface area (Å²) in [5.74, 6) is 1.22. The molecule has 0 amide bonds. The largest absolute Gasteiger partial charge is 0.493 e. The molecule has 0 aliphatic carbocycles. The number of ether oxygens (including phenoxy) is 2. The van der Waals surface area contributed by atoms with Crippen LogP contribution in [0.25, 0.3) is 0 Å². The molecule has 3 nitrogen and oxygen atoms in total. The molecule has 0 aromatic heterocycles. The molecule has 0 saturated carbocycles. The van der Waals surface area contributed by atoms with E-state index >= 15 is 0 Å². The minimum atomic E-state index is 0.436. The number of hydrogen-bond acceptors (Lipinski definition) is 3. The highest BCUT2D eigenvalue weighted by Gasteiger charge is 2.11. The van der Waals surface area contributed by atoms with Crippen LogP contribution in [0.3, 0.4) is 0 Å². The fourth-order valence-electron chi connectivity index (χ4n) is 2.68. The van der Waals surface area contributed by atoms with Gasteiger partial charge in [0.05, 0.1) is 7.11 Å². The lowest BCUT2D eigenvalue weighted by molar-refractivity contribution is 0.284. The number of aryl methyl sites for hydroxylation is 1. The summed E-state index contributed by atoms with van der Waals surface area (Å²) in [4.78, 5) is 0. The maximum Gasteiger partial charge on any atom is 0.163 e. The summed E-state index contributed by atoms with van der Waals surface area (Å²) >= 11 is 18.5. The number of methoxy groups -OCH3 is 1. The van der Waals surface area contributed by atoms with Gasteiger partial charge >= 0.3 is 0 Å². The minimum Gasteiger partial charge on any atom is -0.493 e. The molecule has 0 spiro atoms. The molecule has 0 fully saturated rings. The Morgan fingerprint density at radius 3 is 2.18 bits per heavy atom. The van der Waals surface area contributed by atoms with E-state index in [1.165, 1.54) is 5.56 Å². The molecule has 28 heavy (non-hydrogen) atoms. The van der Waals surface area contributed by atoms with E-state index < -0.39 is 0 Å². The summed E-state index contributed by atoms with van der Waals surface area (Å²) in [7, 11) is 1.61. The molecule has 0 radical (unpaired) electrons. The van der Waals surface area contributed by atoms with Crippen molar-refractivity contribution in [3.8, 4) is 11.5 Å². The highest BCUT2D eigenvalue weighted by atomic mass is 35.5. The maximum atomic E-state index is 6.46. The summed E-state index contributed by atoms with van der Waals surface area (Å²) < 4.78 is 11.4. The molecule has 6 heteroatoms. The van der Waals surface area contributed by atoms with E-state index in [1.54, 1.807) is 31.4 Å². The van der Waals surface area contributed by atoms with Crippen molar-refractivity contribution in [1.29, 1.82) is 0 Å². The third-order valence-corrected chi connectivity index (χ3v) is 4.98. The summed E-state index contributed by atoms with van der Waals surface area (Å²) in [6.45, 7) is 2.98. The van der Waals surface area contributed by atoms with Crippen LogP contribution in [0.15, 0.2) is 54.6 Å². The van der Waals surface area contributed by atoms with Crippen molar-refractivity contribution in [3.63, 3.8) is 0 Å². The van der Waals surface area contributed by atoms with Crippen LogP contribution < -0.4 is 14.8 Å². The van der Waals surface area contributed by atoms with Crippen LogP contribution in [0.2, 0.25) is 15.1 Å². The Hall–Kier alpha value is -2.07. The number of anilines is 1. The molecule has 0 heterocycles. The Morgan fingerprint density at radius 1 is 0.857 bits per heavy atom. The molecule has 0 bridgehead atoms. The zero-order chi connectivity index (χ0) is 20.1. The van der Waals surface area contributed by atoms with E-state index in [0.717, 1.165) is 16.8 Å². The van der Waals surface area contributed by atoms with Gasteiger partial charge in [0.15, 0.2) is 11.5 Å². The quantitative estimate of drug-likeness (QED) is 0.426. The van der Waals surface area contributed by atoms with Gasteiger partial charge in [0.2, 0.25) is 0 Å². The number of benzene rings is 3. The first-order valence-electron chi connectivity index (χ1n) is 8.69. The Labute approximate surface area is 180 Å². The SMILES string of the molecule is COc1cc(CNc2cc(Cl)cc(Cl)c2)c(Cl)cc1OCc1ccc(C)cc1. The van der Waals surface area contributed by atoms with Crippen LogP contribution in [-0.4, -0.2) is 7.11 Å². The van der Waals surface area contributed by atoms with Gasteiger partial charge in [-0.3, -0.25) is 0 Å². The first-order valence-corrected chi connectivity index (χ1v) is 9.82. The predicted octanol–water partition coefficient (Wildman–Crippen LogP) is 7.15. The Morgan fingerprint density at radius 2 is 1.54 bits per heavy atom. The zero-order valence-electron chi connectivity index (χ0n) is 15.6. The summed E-state index contributed by atoms with van der Waals surface area (Å²) in [5, 5.41) is 4.99. The normalized spacial score (nSPS) is 10.6. The lowest BCUT2D eigenvalue weighted by atomic mass is 10.1. The van der Waals surface area contributed by atoms with Crippen LogP contribution in [0.1, 0.15) is 16.7 Å². The molecule has 1 N–H and O–H groups in total. The van der Waals surface area contributed by atoms with Crippen molar-refractivity contribution in [2.45, 2.75) is 20.1 Å². The number of halogens is 3. The summed E-state index contributed by atoms with van der Waals surface area (Å²) in [6.07, 6.45) is 0. The van der Waals surface area contributed by atoms with Crippen LogP contribution in [0.4, 0.5) is 5.69 Å². The molecule has 3 rings (SSSR count). The topological polar surface area (TPSA) is 30.5 Å². The molecule has 0 aliphatic heterocycles. The number of nitrogens with one attached hydrogen (secondary N) is 1. The third-order valence-electron chi connectivity index (χ3n) is 4.19. The molecular weight excluding hydrogens is 417 g/mol. The second-order valence-electron chi connectivity index (χ2n) is 6.38. The van der Waals surface area contributed by atoms with Crippen molar-refractivity contribution >= 4 is 40.5 Å². The van der Waals surface area contributed by atoms with Gasteiger partial charge in [0.25, 0.3) is 0 Å². The Bertz CT molecular complexity index is 938. The van der Waals surface area contributed by atoms with Crippen molar-refractivity contribution in [1.82, 2.24) is 0 Å². The molecule has 3 aromatic carbocycles. The fraction of sp³-hybridized carbons (Fsp3) is 0.182. The van der Waals surface area contributed by atoms with Gasteiger partial charge in [-0.25, -0.2) is 0 Å². The molecular formula is C22H20Cl3NO2. The average molecular weight is 437 g/mol. The number of rotatable bonds is 7. The van der Waals surface area contributed by atoms with Gasteiger partial charge in [-0.2, -0.15) is 0 Å². The Balaban J connectivity index is 1.72. The highest BCUT2D eigenvalue weighted by molar-refractivity contribution is 6.35. The smallest absolute Gasteiger partial charge is 0.163 e. The van der Waals surface area contributed by atoms with Gasteiger partial charge in [-0.1, -0.05) is 64.6 Å². The maximum absolute atomic E-state index is 6.46. The van der Waals surface area contributed by atoms with E-state index in [-0.39, 0.29) is 0 Å². The van der Waals surface area contributed by atoms with Crippen LogP contribution in [0.5, 0.6) is 11.5 Å². The molecule has 0 atom stereocenters. The van der Waals surface area contributed by atoms with Gasteiger partial charge in [-0.05, 0) is 42.3 Å². The van der Waals surface area contributed by atoms with Gasteiger partial charge in [-0.15, -0.1) is 0 Å². The molecule has 0 unspecified atom stereocenters. The first kappa shape index (κ1) is 20.7. The molecule has 146 valence electrons. The van der Waals surface area contributed by atoms with Gasteiger partial charge < -0.3 is 14.8 Å². The van der Waals surface area contributed by atoms with Crippen LogP contribution >= 0.6 is 34.8 Å². The van der Waals surface area contributed by atoms with Crippen LogP contribution in [0, 0.1) is 6.92 Å². The van der Waals surface area contributed by atoms with Gasteiger partial charge in [0, 0.05) is 33.4 Å². The van der Waals surface area contributed by atoms with E-state index in [2.05, 4.69) is 24.4 Å². The van der Waals surface area contributed by atoms with E-state index in [4.69, 9.17) is 44.3 Å². The molecule has 0 aliphatic rings. The zero-order valence-corrected chi connectivity index (χ0v) is 17.8. The van der Waals surface area contributed by atoms with Gasteiger partial charge in [0.1, 0.15) is 6.61 Å². The van der Waals surface area contributed by atoms with Crippen molar-refractivity contribution in [3.05, 3.63) is 86.4 Å².